The Balaban J connectivity index is 1.71. The van der Waals surface area contributed by atoms with E-state index in [1.54, 1.807) is 42.5 Å². The topological polar surface area (TPSA) is 75.3 Å². The minimum atomic E-state index is -3.70. The summed E-state index contributed by atoms with van der Waals surface area (Å²) in [5.74, 6) is 0.361. The lowest BCUT2D eigenvalue weighted by Crippen LogP contribution is -2.20. The SMILES string of the molecule is O=C(CC1CCCCC1)Nc1ccccc1NS(=O)(=O)c1ccccc1. The van der Waals surface area contributed by atoms with E-state index in [0.717, 1.165) is 12.8 Å². The molecule has 1 amide bonds. The van der Waals surface area contributed by atoms with E-state index in [1.165, 1.54) is 31.4 Å². The number of hydrogen-bond acceptors (Lipinski definition) is 3. The number of sulfonamides is 1. The van der Waals surface area contributed by atoms with E-state index in [2.05, 4.69) is 10.0 Å². The maximum atomic E-state index is 12.5. The van der Waals surface area contributed by atoms with E-state index >= 15 is 0 Å². The number of amides is 1. The van der Waals surface area contributed by atoms with Crippen LogP contribution < -0.4 is 10.0 Å². The van der Waals surface area contributed by atoms with E-state index in [0.29, 0.717) is 23.7 Å². The van der Waals surface area contributed by atoms with Gasteiger partial charge in [0.05, 0.1) is 16.3 Å². The molecule has 2 N–H and O–H groups in total. The lowest BCUT2D eigenvalue weighted by Gasteiger charge is -2.21. The van der Waals surface area contributed by atoms with Gasteiger partial charge in [-0.1, -0.05) is 49.6 Å². The van der Waals surface area contributed by atoms with Gasteiger partial charge in [-0.3, -0.25) is 9.52 Å². The summed E-state index contributed by atoms with van der Waals surface area (Å²) in [4.78, 5) is 12.6. The summed E-state index contributed by atoms with van der Waals surface area (Å²) in [6.45, 7) is 0. The molecule has 1 saturated carbocycles. The van der Waals surface area contributed by atoms with E-state index < -0.39 is 10.0 Å². The number of para-hydroxylation sites is 2. The first kappa shape index (κ1) is 18.5. The number of carbonyl (C=O) groups is 1. The fourth-order valence-corrected chi connectivity index (χ4v) is 4.44. The van der Waals surface area contributed by atoms with Gasteiger partial charge in [0, 0.05) is 6.42 Å². The summed E-state index contributed by atoms with van der Waals surface area (Å²) in [6, 6.07) is 15.0. The molecular formula is C20H24N2O3S. The molecule has 0 radical (unpaired) electrons. The molecule has 2 aromatic rings. The van der Waals surface area contributed by atoms with Crippen molar-refractivity contribution < 1.29 is 13.2 Å². The molecule has 0 atom stereocenters. The predicted octanol–water partition coefficient (Wildman–Crippen LogP) is 4.40. The third-order valence-corrected chi connectivity index (χ3v) is 6.08. The number of rotatable bonds is 6. The number of carbonyl (C=O) groups excluding carboxylic acids is 1. The first-order chi connectivity index (χ1) is 12.5. The van der Waals surface area contributed by atoms with Crippen molar-refractivity contribution in [3.8, 4) is 0 Å². The van der Waals surface area contributed by atoms with Gasteiger partial charge >= 0.3 is 0 Å². The standard InChI is InChI=1S/C20H24N2O3S/c23-20(15-16-9-3-1-4-10-16)21-18-13-7-8-14-19(18)22-26(24,25)17-11-5-2-6-12-17/h2,5-8,11-14,16,22H,1,3-4,9-10,15H2,(H,21,23). The smallest absolute Gasteiger partial charge is 0.261 e. The van der Waals surface area contributed by atoms with Gasteiger partial charge in [0.15, 0.2) is 0 Å². The Bertz CT molecular complexity index is 844. The van der Waals surface area contributed by atoms with Gasteiger partial charge in [0.2, 0.25) is 5.91 Å². The van der Waals surface area contributed by atoms with Crippen molar-refractivity contribution in [2.24, 2.45) is 5.92 Å². The average Bonchev–Trinajstić information content (AvgIpc) is 2.65. The first-order valence-electron chi connectivity index (χ1n) is 9.01. The van der Waals surface area contributed by atoms with Crippen LogP contribution >= 0.6 is 0 Å². The first-order valence-corrected chi connectivity index (χ1v) is 10.5. The highest BCUT2D eigenvalue weighted by atomic mass is 32.2. The maximum Gasteiger partial charge on any atom is 0.261 e. The lowest BCUT2D eigenvalue weighted by molar-refractivity contribution is -0.117. The molecule has 6 heteroatoms. The van der Waals surface area contributed by atoms with Crippen LogP contribution in [0.1, 0.15) is 38.5 Å². The van der Waals surface area contributed by atoms with E-state index in [1.807, 2.05) is 0 Å². The van der Waals surface area contributed by atoms with Crippen LogP contribution in [0.25, 0.3) is 0 Å². The number of benzene rings is 2. The summed E-state index contributed by atoms with van der Waals surface area (Å²) in [7, 11) is -3.70. The van der Waals surface area contributed by atoms with Crippen LogP contribution in [0.2, 0.25) is 0 Å². The summed E-state index contributed by atoms with van der Waals surface area (Å²) in [5.41, 5.74) is 0.848. The van der Waals surface area contributed by atoms with Gasteiger partial charge in [0.1, 0.15) is 0 Å². The van der Waals surface area contributed by atoms with E-state index in [9.17, 15) is 13.2 Å². The van der Waals surface area contributed by atoms with Crippen molar-refractivity contribution >= 4 is 27.3 Å². The molecule has 0 heterocycles. The fraction of sp³-hybridized carbons (Fsp3) is 0.350. The van der Waals surface area contributed by atoms with Crippen LogP contribution in [-0.2, 0) is 14.8 Å². The zero-order valence-corrected chi connectivity index (χ0v) is 15.5. The largest absolute Gasteiger partial charge is 0.324 e. The van der Waals surface area contributed by atoms with Gasteiger partial charge in [-0.15, -0.1) is 0 Å². The van der Waals surface area contributed by atoms with Crippen molar-refractivity contribution in [1.29, 1.82) is 0 Å². The molecular weight excluding hydrogens is 348 g/mol. The highest BCUT2D eigenvalue weighted by Gasteiger charge is 2.19. The Morgan fingerprint density at radius 1 is 0.885 bits per heavy atom. The third-order valence-electron chi connectivity index (χ3n) is 4.70. The third kappa shape index (κ3) is 4.85. The van der Waals surface area contributed by atoms with Gasteiger partial charge in [-0.05, 0) is 43.0 Å². The number of anilines is 2. The Morgan fingerprint density at radius 2 is 1.50 bits per heavy atom. The maximum absolute atomic E-state index is 12.5. The Morgan fingerprint density at radius 3 is 2.19 bits per heavy atom. The highest BCUT2D eigenvalue weighted by molar-refractivity contribution is 7.92. The normalized spacial score (nSPS) is 15.4. The molecule has 3 rings (SSSR count). The molecule has 0 aromatic heterocycles. The van der Waals surface area contributed by atoms with E-state index in [4.69, 9.17) is 0 Å². The van der Waals surface area contributed by atoms with Crippen molar-refractivity contribution in [2.75, 3.05) is 10.0 Å². The monoisotopic (exact) mass is 372 g/mol. The molecule has 0 unspecified atom stereocenters. The molecule has 0 saturated heterocycles. The van der Waals surface area contributed by atoms with Crippen molar-refractivity contribution in [3.05, 3.63) is 54.6 Å². The summed E-state index contributed by atoms with van der Waals surface area (Å²) in [5, 5.41) is 2.87. The lowest BCUT2D eigenvalue weighted by atomic mass is 9.87. The quantitative estimate of drug-likeness (QED) is 0.789. The van der Waals surface area contributed by atoms with Crippen LogP contribution in [0.5, 0.6) is 0 Å². The second-order valence-corrected chi connectivity index (χ2v) is 8.40. The highest BCUT2D eigenvalue weighted by Crippen LogP contribution is 2.28. The molecule has 0 spiro atoms. The molecule has 26 heavy (non-hydrogen) atoms. The zero-order valence-electron chi connectivity index (χ0n) is 14.6. The second kappa shape index (κ2) is 8.36. The number of nitrogens with one attached hydrogen (secondary N) is 2. The molecule has 1 aliphatic carbocycles. The fourth-order valence-electron chi connectivity index (χ4n) is 3.34. The summed E-state index contributed by atoms with van der Waals surface area (Å²) < 4.78 is 27.6. The second-order valence-electron chi connectivity index (χ2n) is 6.72. The molecule has 1 aliphatic rings. The molecule has 0 bridgehead atoms. The molecule has 1 fully saturated rings. The van der Waals surface area contributed by atoms with Gasteiger partial charge in [0.25, 0.3) is 10.0 Å². The average molecular weight is 372 g/mol. The summed E-state index contributed by atoms with van der Waals surface area (Å²) >= 11 is 0. The van der Waals surface area contributed by atoms with E-state index in [-0.39, 0.29) is 10.8 Å². The van der Waals surface area contributed by atoms with Crippen LogP contribution in [-0.4, -0.2) is 14.3 Å². The predicted molar refractivity (Wildman–Crippen MR) is 104 cm³/mol. The van der Waals surface area contributed by atoms with Crippen LogP contribution in [0.3, 0.4) is 0 Å². The van der Waals surface area contributed by atoms with Crippen LogP contribution in [0.4, 0.5) is 11.4 Å². The Kier molecular flexibility index (Phi) is 5.93. The summed E-state index contributed by atoms with van der Waals surface area (Å²) in [6.07, 6.45) is 6.30. The van der Waals surface area contributed by atoms with Gasteiger partial charge < -0.3 is 5.32 Å². The molecule has 5 nitrogen and oxygen atoms in total. The van der Waals surface area contributed by atoms with Crippen LogP contribution in [0.15, 0.2) is 59.5 Å². The van der Waals surface area contributed by atoms with Gasteiger partial charge in [-0.2, -0.15) is 0 Å². The minimum Gasteiger partial charge on any atom is -0.324 e. The number of hydrogen-bond donors (Lipinski definition) is 2. The molecule has 2 aromatic carbocycles. The zero-order chi connectivity index (χ0) is 18.4. The minimum absolute atomic E-state index is 0.0664. The Labute approximate surface area is 154 Å². The van der Waals surface area contributed by atoms with Gasteiger partial charge in [-0.25, -0.2) is 8.42 Å². The van der Waals surface area contributed by atoms with Crippen molar-refractivity contribution in [1.82, 2.24) is 0 Å². The Hall–Kier alpha value is -2.34. The molecule has 0 aliphatic heterocycles. The molecule has 138 valence electrons. The van der Waals surface area contributed by atoms with Crippen molar-refractivity contribution in [3.63, 3.8) is 0 Å². The van der Waals surface area contributed by atoms with Crippen LogP contribution in [0, 0.1) is 5.92 Å². The van der Waals surface area contributed by atoms with Crippen molar-refractivity contribution in [2.45, 2.75) is 43.4 Å².